The Morgan fingerprint density at radius 2 is 2.35 bits per heavy atom. The molecule has 1 aromatic heterocycles. The third-order valence-electron chi connectivity index (χ3n) is 3.65. The van der Waals surface area contributed by atoms with Crippen molar-refractivity contribution >= 4 is 11.3 Å². The van der Waals surface area contributed by atoms with Crippen molar-refractivity contribution in [2.24, 2.45) is 5.73 Å². The van der Waals surface area contributed by atoms with Crippen molar-refractivity contribution in [3.05, 3.63) is 16.1 Å². The molecule has 1 atom stereocenters. The van der Waals surface area contributed by atoms with Gasteiger partial charge in [-0.1, -0.05) is 13.8 Å². The van der Waals surface area contributed by atoms with Crippen molar-refractivity contribution in [2.45, 2.75) is 38.0 Å². The lowest BCUT2D eigenvalue weighted by Gasteiger charge is -2.28. The minimum Gasteiger partial charge on any atom is -0.330 e. The molecule has 2 N–H and O–H groups in total. The Morgan fingerprint density at radius 3 is 3.00 bits per heavy atom. The van der Waals surface area contributed by atoms with Gasteiger partial charge in [0.1, 0.15) is 0 Å². The lowest BCUT2D eigenvalue weighted by molar-refractivity contribution is 0.248. The van der Waals surface area contributed by atoms with Gasteiger partial charge in [0, 0.05) is 29.8 Å². The summed E-state index contributed by atoms with van der Waals surface area (Å²) < 4.78 is 0. The van der Waals surface area contributed by atoms with Crippen LogP contribution in [-0.4, -0.2) is 36.6 Å². The summed E-state index contributed by atoms with van der Waals surface area (Å²) in [7, 11) is 2.20. The number of likely N-dealkylation sites (tertiary alicyclic amines) is 1. The molecule has 17 heavy (non-hydrogen) atoms. The highest BCUT2D eigenvalue weighted by Crippen LogP contribution is 2.31. The second-order valence-corrected chi connectivity index (χ2v) is 6.63. The molecule has 0 aliphatic carbocycles. The minimum absolute atomic E-state index is 0.0173. The van der Waals surface area contributed by atoms with Crippen LogP contribution in [0.2, 0.25) is 0 Å². The fourth-order valence-corrected chi connectivity index (χ4v) is 3.32. The predicted octanol–water partition coefficient (Wildman–Crippen LogP) is 2.19. The summed E-state index contributed by atoms with van der Waals surface area (Å²) in [5, 5.41) is 3.42. The number of nitrogens with two attached hydrogens (primary N) is 1. The van der Waals surface area contributed by atoms with Crippen LogP contribution in [0.25, 0.3) is 0 Å². The fourth-order valence-electron chi connectivity index (χ4n) is 2.28. The molecular weight excluding hydrogens is 230 g/mol. The Morgan fingerprint density at radius 1 is 1.59 bits per heavy atom. The first-order valence-electron chi connectivity index (χ1n) is 6.37. The molecule has 2 rings (SSSR count). The summed E-state index contributed by atoms with van der Waals surface area (Å²) in [6.45, 7) is 7.36. The van der Waals surface area contributed by atoms with E-state index in [0.717, 1.165) is 6.54 Å². The average molecular weight is 253 g/mol. The number of piperidine rings is 1. The topological polar surface area (TPSA) is 42.1 Å². The fraction of sp³-hybridized carbons (Fsp3) is 0.769. The first kappa shape index (κ1) is 13.0. The number of hydrogen-bond donors (Lipinski definition) is 1. The Kier molecular flexibility index (Phi) is 3.85. The molecule has 4 heteroatoms. The van der Waals surface area contributed by atoms with Gasteiger partial charge in [0.05, 0.1) is 10.7 Å². The molecule has 1 fully saturated rings. The lowest BCUT2D eigenvalue weighted by Crippen LogP contribution is -2.31. The molecule has 0 saturated carbocycles. The van der Waals surface area contributed by atoms with Crippen LogP contribution in [0.3, 0.4) is 0 Å². The van der Waals surface area contributed by atoms with Crippen LogP contribution >= 0.6 is 11.3 Å². The van der Waals surface area contributed by atoms with Gasteiger partial charge in [-0.3, -0.25) is 0 Å². The number of hydrogen-bond acceptors (Lipinski definition) is 4. The van der Waals surface area contributed by atoms with Gasteiger partial charge in [0.25, 0.3) is 0 Å². The van der Waals surface area contributed by atoms with Crippen LogP contribution in [0, 0.1) is 0 Å². The molecule has 2 heterocycles. The standard InChI is InChI=1S/C13H23N3S/c1-13(2,9-14)12-15-11(8-17-12)10-5-4-6-16(3)7-10/h8,10H,4-7,9,14H2,1-3H3. The minimum atomic E-state index is 0.0173. The van der Waals surface area contributed by atoms with E-state index in [9.17, 15) is 0 Å². The van der Waals surface area contributed by atoms with Gasteiger partial charge < -0.3 is 10.6 Å². The van der Waals surface area contributed by atoms with Gasteiger partial charge in [-0.2, -0.15) is 0 Å². The van der Waals surface area contributed by atoms with Gasteiger partial charge in [0.15, 0.2) is 0 Å². The molecule has 1 aliphatic rings. The summed E-state index contributed by atoms with van der Waals surface area (Å²) in [4.78, 5) is 7.23. The predicted molar refractivity (Wildman–Crippen MR) is 73.7 cm³/mol. The second kappa shape index (κ2) is 5.04. The highest BCUT2D eigenvalue weighted by molar-refractivity contribution is 7.09. The van der Waals surface area contributed by atoms with Gasteiger partial charge in [-0.05, 0) is 26.4 Å². The zero-order valence-electron chi connectivity index (χ0n) is 11.1. The maximum absolute atomic E-state index is 5.81. The van der Waals surface area contributed by atoms with Crippen LogP contribution in [0.15, 0.2) is 5.38 Å². The maximum Gasteiger partial charge on any atom is 0.0997 e. The maximum atomic E-state index is 5.81. The quantitative estimate of drug-likeness (QED) is 0.898. The average Bonchev–Trinajstić information content (AvgIpc) is 2.79. The number of thiazole rings is 1. The van der Waals surface area contributed by atoms with Gasteiger partial charge in [-0.15, -0.1) is 11.3 Å². The van der Waals surface area contributed by atoms with E-state index in [0.29, 0.717) is 12.5 Å². The summed E-state index contributed by atoms with van der Waals surface area (Å²) in [5.74, 6) is 0.618. The molecule has 96 valence electrons. The highest BCUT2D eigenvalue weighted by Gasteiger charge is 2.26. The number of likely N-dealkylation sites (N-methyl/N-ethyl adjacent to an activating group) is 1. The Labute approximate surface area is 108 Å². The Hall–Kier alpha value is -0.450. The molecule has 0 bridgehead atoms. The zero-order chi connectivity index (χ0) is 12.5. The summed E-state index contributed by atoms with van der Waals surface area (Å²) in [6.07, 6.45) is 2.56. The molecule has 0 aromatic carbocycles. The van der Waals surface area contributed by atoms with Crippen LogP contribution in [0.4, 0.5) is 0 Å². The largest absolute Gasteiger partial charge is 0.330 e. The third kappa shape index (κ3) is 2.87. The molecule has 0 spiro atoms. The molecule has 3 nitrogen and oxygen atoms in total. The van der Waals surface area contributed by atoms with Gasteiger partial charge in [0.2, 0.25) is 0 Å². The van der Waals surface area contributed by atoms with Gasteiger partial charge >= 0.3 is 0 Å². The van der Waals surface area contributed by atoms with Crippen LogP contribution in [-0.2, 0) is 5.41 Å². The molecular formula is C13H23N3S. The van der Waals surface area contributed by atoms with E-state index in [-0.39, 0.29) is 5.41 Å². The summed E-state index contributed by atoms with van der Waals surface area (Å²) in [5.41, 5.74) is 7.10. The summed E-state index contributed by atoms with van der Waals surface area (Å²) in [6, 6.07) is 0. The Bertz CT molecular complexity index is 372. The molecule has 1 aliphatic heterocycles. The van der Waals surface area contributed by atoms with E-state index in [4.69, 9.17) is 10.7 Å². The van der Waals surface area contributed by atoms with Crippen molar-refractivity contribution in [3.63, 3.8) is 0 Å². The van der Waals surface area contributed by atoms with Crippen molar-refractivity contribution in [1.82, 2.24) is 9.88 Å². The van der Waals surface area contributed by atoms with Crippen molar-refractivity contribution in [1.29, 1.82) is 0 Å². The summed E-state index contributed by atoms with van der Waals surface area (Å²) >= 11 is 1.77. The van der Waals surface area contributed by atoms with Crippen LogP contribution in [0.1, 0.15) is 43.3 Å². The monoisotopic (exact) mass is 253 g/mol. The van der Waals surface area contributed by atoms with E-state index in [1.165, 1.54) is 30.1 Å². The lowest BCUT2D eigenvalue weighted by atomic mass is 9.93. The van der Waals surface area contributed by atoms with Crippen molar-refractivity contribution in [3.8, 4) is 0 Å². The molecule has 1 aromatic rings. The highest BCUT2D eigenvalue weighted by atomic mass is 32.1. The van der Waals surface area contributed by atoms with Gasteiger partial charge in [-0.25, -0.2) is 4.98 Å². The first-order chi connectivity index (χ1) is 8.03. The molecule has 0 radical (unpaired) electrons. The van der Waals surface area contributed by atoms with E-state index in [1.807, 2.05) is 0 Å². The first-order valence-corrected chi connectivity index (χ1v) is 7.25. The molecule has 0 amide bonds. The third-order valence-corrected chi connectivity index (χ3v) is 4.88. The SMILES string of the molecule is CN1CCCC(c2csc(C(C)(C)CN)n2)C1. The number of nitrogens with zero attached hydrogens (tertiary/aromatic N) is 2. The van der Waals surface area contributed by atoms with E-state index in [2.05, 4.69) is 31.2 Å². The Balaban J connectivity index is 2.12. The van der Waals surface area contributed by atoms with E-state index in [1.54, 1.807) is 11.3 Å². The van der Waals surface area contributed by atoms with Crippen LogP contribution in [0.5, 0.6) is 0 Å². The molecule has 1 unspecified atom stereocenters. The normalized spacial score (nSPS) is 22.9. The second-order valence-electron chi connectivity index (χ2n) is 5.77. The number of rotatable bonds is 3. The van der Waals surface area contributed by atoms with Crippen molar-refractivity contribution < 1.29 is 0 Å². The smallest absolute Gasteiger partial charge is 0.0997 e. The van der Waals surface area contributed by atoms with Crippen molar-refractivity contribution in [2.75, 3.05) is 26.7 Å². The van der Waals surface area contributed by atoms with Crippen LogP contribution < -0.4 is 5.73 Å². The van der Waals surface area contributed by atoms with E-state index < -0.39 is 0 Å². The molecule has 1 saturated heterocycles. The van der Waals surface area contributed by atoms with E-state index >= 15 is 0 Å². The number of aromatic nitrogens is 1. The zero-order valence-corrected chi connectivity index (χ0v) is 11.9.